The van der Waals surface area contributed by atoms with Crippen molar-refractivity contribution in [2.75, 3.05) is 27.7 Å². The molecule has 0 saturated carbocycles. The molecule has 6 nitrogen and oxygen atoms in total. The number of hydrazine groups is 1. The van der Waals surface area contributed by atoms with Crippen LogP contribution in [0.15, 0.2) is 16.9 Å². The second-order valence-corrected chi connectivity index (χ2v) is 6.07. The molecule has 0 bridgehead atoms. The van der Waals surface area contributed by atoms with Crippen molar-refractivity contribution in [3.05, 3.63) is 11.9 Å². The minimum absolute atomic E-state index is 0.0422. The quantitative estimate of drug-likeness (QED) is 0.319. The molecular formula is C14H28N6. The van der Waals surface area contributed by atoms with E-state index in [0.717, 1.165) is 6.54 Å². The van der Waals surface area contributed by atoms with Crippen LogP contribution in [-0.4, -0.2) is 50.0 Å². The summed E-state index contributed by atoms with van der Waals surface area (Å²) in [5, 5.41) is 8.94. The lowest BCUT2D eigenvalue weighted by Gasteiger charge is -2.26. The standard InChI is InChI=1S/C14H28N6/c1-12(17-11-19(6)10-14(2,3)4)20(7)9-13(8-15)18-16-5/h9,11-12,16,18H,10H2,1-7H3/b13-9-,17-11?. The van der Waals surface area contributed by atoms with Crippen molar-refractivity contribution in [1.29, 1.82) is 5.26 Å². The zero-order chi connectivity index (χ0) is 15.8. The summed E-state index contributed by atoms with van der Waals surface area (Å²) in [6.07, 6.45) is 3.53. The Balaban J connectivity index is 4.53. The van der Waals surface area contributed by atoms with Crippen LogP contribution in [0.4, 0.5) is 0 Å². The van der Waals surface area contributed by atoms with Gasteiger partial charge in [0.1, 0.15) is 17.9 Å². The largest absolute Gasteiger partial charge is 0.365 e. The highest BCUT2D eigenvalue weighted by Crippen LogP contribution is 2.13. The molecule has 0 spiro atoms. The molecule has 0 aliphatic carbocycles. The SMILES string of the molecule is CNN/C(C#N)=C\N(C)C(C)N=CN(C)CC(C)(C)C. The summed E-state index contributed by atoms with van der Waals surface area (Å²) in [4.78, 5) is 8.43. The summed E-state index contributed by atoms with van der Waals surface area (Å²) in [5.41, 5.74) is 6.17. The van der Waals surface area contributed by atoms with E-state index in [2.05, 4.69) is 47.6 Å². The summed E-state index contributed by atoms with van der Waals surface area (Å²) in [7, 11) is 5.62. The number of allylic oxidation sites excluding steroid dienone is 1. The van der Waals surface area contributed by atoms with Gasteiger partial charge < -0.3 is 15.2 Å². The second-order valence-electron chi connectivity index (χ2n) is 6.07. The van der Waals surface area contributed by atoms with E-state index >= 15 is 0 Å². The summed E-state index contributed by atoms with van der Waals surface area (Å²) in [5.74, 6) is 0. The molecule has 0 fully saturated rings. The highest BCUT2D eigenvalue weighted by molar-refractivity contribution is 5.54. The van der Waals surface area contributed by atoms with Crippen molar-refractivity contribution in [3.8, 4) is 6.07 Å². The maximum absolute atomic E-state index is 8.94. The van der Waals surface area contributed by atoms with Gasteiger partial charge in [-0.25, -0.2) is 5.43 Å². The first kappa shape index (κ1) is 18.3. The van der Waals surface area contributed by atoms with Gasteiger partial charge in [0.2, 0.25) is 0 Å². The topological polar surface area (TPSA) is 66.7 Å². The highest BCUT2D eigenvalue weighted by atomic mass is 15.3. The van der Waals surface area contributed by atoms with Gasteiger partial charge in [0.15, 0.2) is 0 Å². The lowest BCUT2D eigenvalue weighted by molar-refractivity contribution is 0.305. The van der Waals surface area contributed by atoms with Gasteiger partial charge in [-0.15, -0.1) is 0 Å². The highest BCUT2D eigenvalue weighted by Gasteiger charge is 2.12. The molecule has 20 heavy (non-hydrogen) atoms. The van der Waals surface area contributed by atoms with E-state index in [1.807, 2.05) is 32.3 Å². The van der Waals surface area contributed by atoms with Gasteiger partial charge in [0.05, 0.1) is 6.34 Å². The van der Waals surface area contributed by atoms with Gasteiger partial charge >= 0.3 is 0 Å². The van der Waals surface area contributed by atoms with Crippen molar-refractivity contribution in [1.82, 2.24) is 20.7 Å². The summed E-state index contributed by atoms with van der Waals surface area (Å²) >= 11 is 0. The van der Waals surface area contributed by atoms with Crippen LogP contribution in [0.2, 0.25) is 0 Å². The fourth-order valence-electron chi connectivity index (χ4n) is 1.64. The smallest absolute Gasteiger partial charge is 0.143 e. The van der Waals surface area contributed by atoms with Crippen LogP contribution in [-0.2, 0) is 0 Å². The Morgan fingerprint density at radius 3 is 2.45 bits per heavy atom. The maximum atomic E-state index is 8.94. The van der Waals surface area contributed by atoms with E-state index in [4.69, 9.17) is 5.26 Å². The Labute approximate surface area is 123 Å². The first-order valence-corrected chi connectivity index (χ1v) is 6.69. The normalized spacial score (nSPS) is 14.0. The molecule has 0 radical (unpaired) electrons. The van der Waals surface area contributed by atoms with Gasteiger partial charge in [0.25, 0.3) is 0 Å². The van der Waals surface area contributed by atoms with E-state index in [1.165, 1.54) is 0 Å². The Bertz CT molecular complexity index is 374. The first-order chi connectivity index (χ1) is 9.19. The Morgan fingerprint density at radius 2 is 2.00 bits per heavy atom. The third-order valence-corrected chi connectivity index (χ3v) is 2.51. The van der Waals surface area contributed by atoms with Crippen molar-refractivity contribution >= 4 is 6.34 Å². The van der Waals surface area contributed by atoms with Gasteiger partial charge in [-0.3, -0.25) is 4.99 Å². The van der Waals surface area contributed by atoms with Crippen LogP contribution in [0, 0.1) is 16.7 Å². The van der Waals surface area contributed by atoms with Crippen molar-refractivity contribution in [2.24, 2.45) is 10.4 Å². The second kappa shape index (κ2) is 8.43. The average Bonchev–Trinajstić information content (AvgIpc) is 2.33. The molecule has 0 saturated heterocycles. The van der Waals surface area contributed by atoms with Crippen LogP contribution in [0.25, 0.3) is 0 Å². The van der Waals surface area contributed by atoms with Gasteiger partial charge in [0, 0.05) is 33.9 Å². The minimum Gasteiger partial charge on any atom is -0.365 e. The predicted molar refractivity (Wildman–Crippen MR) is 83.7 cm³/mol. The van der Waals surface area contributed by atoms with E-state index in [0.29, 0.717) is 5.70 Å². The maximum Gasteiger partial charge on any atom is 0.143 e. The first-order valence-electron chi connectivity index (χ1n) is 6.69. The Morgan fingerprint density at radius 1 is 1.40 bits per heavy atom. The van der Waals surface area contributed by atoms with Crippen LogP contribution in [0.3, 0.4) is 0 Å². The number of rotatable bonds is 7. The van der Waals surface area contributed by atoms with E-state index < -0.39 is 0 Å². The van der Waals surface area contributed by atoms with Crippen molar-refractivity contribution < 1.29 is 0 Å². The number of nitriles is 1. The molecule has 0 aromatic carbocycles. The third kappa shape index (κ3) is 8.38. The number of aliphatic imine (C=N–C) groups is 1. The van der Waals surface area contributed by atoms with E-state index in [1.54, 1.807) is 13.2 Å². The molecule has 0 aliphatic heterocycles. The van der Waals surface area contributed by atoms with Gasteiger partial charge in [-0.1, -0.05) is 20.8 Å². The Hall–Kier alpha value is -1.74. The zero-order valence-electron chi connectivity index (χ0n) is 13.7. The third-order valence-electron chi connectivity index (χ3n) is 2.51. The van der Waals surface area contributed by atoms with Gasteiger partial charge in [-0.05, 0) is 12.3 Å². The molecule has 0 heterocycles. The van der Waals surface area contributed by atoms with Crippen LogP contribution in [0.1, 0.15) is 27.7 Å². The van der Waals surface area contributed by atoms with Crippen LogP contribution < -0.4 is 10.9 Å². The number of hydrogen-bond donors (Lipinski definition) is 2. The van der Waals surface area contributed by atoms with Gasteiger partial charge in [-0.2, -0.15) is 5.26 Å². The zero-order valence-corrected chi connectivity index (χ0v) is 13.7. The summed E-state index contributed by atoms with van der Waals surface area (Å²) in [6.45, 7) is 9.49. The molecule has 0 amide bonds. The lowest BCUT2D eigenvalue weighted by Crippen LogP contribution is -2.31. The monoisotopic (exact) mass is 280 g/mol. The van der Waals surface area contributed by atoms with Crippen LogP contribution >= 0.6 is 0 Å². The molecule has 0 aromatic rings. The van der Waals surface area contributed by atoms with E-state index in [9.17, 15) is 0 Å². The van der Waals surface area contributed by atoms with E-state index in [-0.39, 0.29) is 11.6 Å². The van der Waals surface area contributed by atoms with Crippen molar-refractivity contribution in [2.45, 2.75) is 33.9 Å². The molecule has 6 heteroatoms. The summed E-state index contributed by atoms with van der Waals surface area (Å²) in [6, 6.07) is 2.07. The Kier molecular flexibility index (Phi) is 7.70. The predicted octanol–water partition coefficient (Wildman–Crippen LogP) is 1.36. The molecule has 114 valence electrons. The van der Waals surface area contributed by atoms with Crippen LogP contribution in [0.5, 0.6) is 0 Å². The number of nitrogens with one attached hydrogen (secondary N) is 2. The molecule has 0 aromatic heterocycles. The van der Waals surface area contributed by atoms with Crippen molar-refractivity contribution in [3.63, 3.8) is 0 Å². The molecule has 2 N–H and O–H groups in total. The number of hydrogen-bond acceptors (Lipinski definition) is 5. The average molecular weight is 280 g/mol. The fourth-order valence-corrected chi connectivity index (χ4v) is 1.64. The number of nitrogens with zero attached hydrogens (tertiary/aromatic N) is 4. The molecule has 1 atom stereocenters. The summed E-state index contributed by atoms with van der Waals surface area (Å²) < 4.78 is 0. The molecule has 0 aliphatic rings. The fraction of sp³-hybridized carbons (Fsp3) is 0.714. The molecule has 0 rings (SSSR count). The lowest BCUT2D eigenvalue weighted by atomic mass is 9.97. The molecule has 1 unspecified atom stereocenters. The minimum atomic E-state index is -0.0422. The molecular weight excluding hydrogens is 252 g/mol.